The van der Waals surface area contributed by atoms with Gasteiger partial charge in [-0.15, -0.1) is 11.6 Å². The van der Waals surface area contributed by atoms with E-state index in [1.807, 2.05) is 20.8 Å². The van der Waals surface area contributed by atoms with Crippen LogP contribution in [-0.2, 0) is 6.18 Å². The van der Waals surface area contributed by atoms with Gasteiger partial charge in [-0.05, 0) is 17.9 Å². The van der Waals surface area contributed by atoms with Crippen LogP contribution < -0.4 is 5.32 Å². The lowest BCUT2D eigenvalue weighted by Crippen LogP contribution is -2.34. The first kappa shape index (κ1) is 17.4. The number of nitrogens with one attached hydrogen (secondary N) is 1. The van der Waals surface area contributed by atoms with Crippen LogP contribution in [0.4, 0.5) is 19.0 Å². The van der Waals surface area contributed by atoms with Gasteiger partial charge in [0.25, 0.3) is 0 Å². The molecule has 1 atom stereocenters. The molecule has 1 N–H and O–H groups in total. The molecule has 0 aliphatic carbocycles. The van der Waals surface area contributed by atoms with E-state index in [9.17, 15) is 13.2 Å². The summed E-state index contributed by atoms with van der Waals surface area (Å²) in [5.41, 5.74) is -0.986. The molecule has 0 fully saturated rings. The summed E-state index contributed by atoms with van der Waals surface area (Å²) in [6.07, 6.45) is -3.02. The lowest BCUT2D eigenvalue weighted by molar-refractivity contribution is -0.137. The van der Waals surface area contributed by atoms with Crippen LogP contribution in [0.2, 0.25) is 5.02 Å². The zero-order valence-corrected chi connectivity index (χ0v) is 13.0. The Hall–Kier alpha value is -0.680. The lowest BCUT2D eigenvalue weighted by Gasteiger charge is -2.31. The maximum atomic E-state index is 12.5. The van der Waals surface area contributed by atoms with Crippen molar-refractivity contribution >= 4 is 29.0 Å². The number of aromatic nitrogens is 1. The summed E-state index contributed by atoms with van der Waals surface area (Å²) < 4.78 is 37.6. The maximum absolute atomic E-state index is 12.5. The molecule has 0 radical (unpaired) electrons. The smallest absolute Gasteiger partial charge is 0.366 e. The number of alkyl halides is 4. The van der Waals surface area contributed by atoms with Crippen molar-refractivity contribution in [2.24, 2.45) is 5.41 Å². The Bertz CT molecular complexity index is 456. The topological polar surface area (TPSA) is 24.9 Å². The second kappa shape index (κ2) is 6.39. The van der Waals surface area contributed by atoms with Crippen LogP contribution in [-0.4, -0.2) is 16.9 Å². The molecule has 20 heavy (non-hydrogen) atoms. The molecule has 1 aromatic rings. The second-order valence-corrected chi connectivity index (χ2v) is 6.38. The van der Waals surface area contributed by atoms with Gasteiger partial charge < -0.3 is 5.32 Å². The van der Waals surface area contributed by atoms with Crippen LogP contribution in [0.3, 0.4) is 0 Å². The number of anilines is 1. The summed E-state index contributed by atoms with van der Waals surface area (Å²) in [5, 5.41) is 3.02. The van der Waals surface area contributed by atoms with Crippen molar-refractivity contribution in [3.8, 4) is 0 Å². The van der Waals surface area contributed by atoms with Gasteiger partial charge in [-0.1, -0.05) is 32.4 Å². The zero-order valence-electron chi connectivity index (χ0n) is 11.5. The van der Waals surface area contributed by atoms with Crippen LogP contribution >= 0.6 is 23.2 Å². The monoisotopic (exact) mass is 328 g/mol. The van der Waals surface area contributed by atoms with Crippen molar-refractivity contribution in [1.82, 2.24) is 4.98 Å². The van der Waals surface area contributed by atoms with E-state index in [1.54, 1.807) is 0 Å². The van der Waals surface area contributed by atoms with E-state index < -0.39 is 11.7 Å². The summed E-state index contributed by atoms with van der Waals surface area (Å²) >= 11 is 11.6. The third-order valence-electron chi connectivity index (χ3n) is 2.92. The van der Waals surface area contributed by atoms with Gasteiger partial charge in [0.2, 0.25) is 0 Å². The first-order chi connectivity index (χ1) is 9.05. The highest BCUT2D eigenvalue weighted by Gasteiger charge is 2.32. The highest BCUT2D eigenvalue weighted by Crippen LogP contribution is 2.34. The number of pyridine rings is 1. The Morgan fingerprint density at radius 1 is 1.30 bits per heavy atom. The van der Waals surface area contributed by atoms with Gasteiger partial charge in [0.05, 0.1) is 10.6 Å². The Morgan fingerprint density at radius 3 is 2.30 bits per heavy atom. The lowest BCUT2D eigenvalue weighted by atomic mass is 9.85. The fraction of sp³-hybridized carbons (Fsp3) is 0.615. The van der Waals surface area contributed by atoms with E-state index in [1.165, 1.54) is 0 Å². The van der Waals surface area contributed by atoms with Gasteiger partial charge in [0.15, 0.2) is 0 Å². The molecule has 0 aromatic carbocycles. The van der Waals surface area contributed by atoms with E-state index in [0.717, 1.165) is 12.3 Å². The molecule has 0 amide bonds. The van der Waals surface area contributed by atoms with Gasteiger partial charge in [-0.25, -0.2) is 4.98 Å². The molecule has 1 unspecified atom stereocenters. The molecule has 0 aliphatic heterocycles. The van der Waals surface area contributed by atoms with Crippen LogP contribution in [0.15, 0.2) is 12.3 Å². The quantitative estimate of drug-likeness (QED) is 0.767. The van der Waals surface area contributed by atoms with Gasteiger partial charge in [-0.3, -0.25) is 0 Å². The molecule has 0 saturated heterocycles. The minimum Gasteiger partial charge on any atom is -0.366 e. The Morgan fingerprint density at radius 2 is 1.90 bits per heavy atom. The molecule has 1 heterocycles. The summed E-state index contributed by atoms with van der Waals surface area (Å²) in [6, 6.07) is 0.832. The highest BCUT2D eigenvalue weighted by atomic mass is 35.5. The molecule has 0 saturated carbocycles. The molecule has 1 aromatic heterocycles. The number of rotatable bonds is 4. The molecular weight excluding hydrogens is 312 g/mol. The minimum absolute atomic E-state index is 0.0401. The number of halogens is 5. The summed E-state index contributed by atoms with van der Waals surface area (Å²) in [4.78, 5) is 3.77. The SMILES string of the molecule is CC(C)(C)C(CCCl)Nc1ncc(C(F)(F)F)cc1Cl. The summed E-state index contributed by atoms with van der Waals surface area (Å²) in [5.74, 6) is 0.678. The molecular formula is C13H17Cl2F3N2. The third-order valence-corrected chi connectivity index (χ3v) is 3.43. The molecule has 7 heteroatoms. The van der Waals surface area contributed by atoms with Crippen molar-refractivity contribution in [2.45, 2.75) is 39.4 Å². The van der Waals surface area contributed by atoms with E-state index in [4.69, 9.17) is 23.2 Å². The molecule has 0 aliphatic rings. The highest BCUT2D eigenvalue weighted by molar-refractivity contribution is 6.33. The molecule has 2 nitrogen and oxygen atoms in total. The fourth-order valence-corrected chi connectivity index (χ4v) is 2.13. The Kier molecular flexibility index (Phi) is 5.55. The number of hydrogen-bond donors (Lipinski definition) is 1. The minimum atomic E-state index is -4.45. The number of hydrogen-bond acceptors (Lipinski definition) is 2. The van der Waals surface area contributed by atoms with Crippen molar-refractivity contribution in [3.63, 3.8) is 0 Å². The summed E-state index contributed by atoms with van der Waals surface area (Å²) in [7, 11) is 0. The van der Waals surface area contributed by atoms with E-state index in [2.05, 4.69) is 10.3 Å². The van der Waals surface area contributed by atoms with Gasteiger partial charge >= 0.3 is 6.18 Å². The van der Waals surface area contributed by atoms with Crippen LogP contribution in [0.1, 0.15) is 32.8 Å². The standard InChI is InChI=1S/C13H17Cl2F3N2/c1-12(2,3)10(4-5-14)20-11-9(15)6-8(7-19-11)13(16,17)18/h6-7,10H,4-5H2,1-3H3,(H,19,20). The van der Waals surface area contributed by atoms with Crippen LogP contribution in [0.5, 0.6) is 0 Å². The number of nitrogens with zero attached hydrogens (tertiary/aromatic N) is 1. The van der Waals surface area contributed by atoms with Crippen molar-refractivity contribution < 1.29 is 13.2 Å². The van der Waals surface area contributed by atoms with Crippen molar-refractivity contribution in [3.05, 3.63) is 22.8 Å². The third kappa shape index (κ3) is 4.70. The second-order valence-electron chi connectivity index (χ2n) is 5.59. The molecule has 0 bridgehead atoms. The predicted octanol–water partition coefficient (Wildman–Crippen LogP) is 5.21. The molecule has 114 valence electrons. The van der Waals surface area contributed by atoms with Gasteiger partial charge in [0.1, 0.15) is 5.82 Å². The molecule has 1 rings (SSSR count). The zero-order chi connectivity index (χ0) is 15.6. The van der Waals surface area contributed by atoms with Gasteiger partial charge in [-0.2, -0.15) is 13.2 Å². The molecule has 0 spiro atoms. The van der Waals surface area contributed by atoms with Crippen LogP contribution in [0, 0.1) is 5.41 Å². The predicted molar refractivity (Wildman–Crippen MR) is 76.5 cm³/mol. The fourth-order valence-electron chi connectivity index (χ4n) is 1.69. The van der Waals surface area contributed by atoms with Crippen LogP contribution in [0.25, 0.3) is 0 Å². The Balaban J connectivity index is 2.98. The first-order valence-electron chi connectivity index (χ1n) is 6.11. The summed E-state index contributed by atoms with van der Waals surface area (Å²) in [6.45, 7) is 6.03. The van der Waals surface area contributed by atoms with Crippen molar-refractivity contribution in [2.75, 3.05) is 11.2 Å². The average Bonchev–Trinajstić information content (AvgIpc) is 2.28. The Labute approximate surface area is 126 Å². The van der Waals surface area contributed by atoms with E-state index in [0.29, 0.717) is 12.3 Å². The van der Waals surface area contributed by atoms with E-state index >= 15 is 0 Å². The van der Waals surface area contributed by atoms with Gasteiger partial charge in [0, 0.05) is 18.1 Å². The average molecular weight is 329 g/mol. The normalized spacial score (nSPS) is 14.2. The largest absolute Gasteiger partial charge is 0.417 e. The maximum Gasteiger partial charge on any atom is 0.417 e. The first-order valence-corrected chi connectivity index (χ1v) is 7.02. The van der Waals surface area contributed by atoms with E-state index in [-0.39, 0.29) is 22.3 Å². The van der Waals surface area contributed by atoms with Crippen molar-refractivity contribution in [1.29, 1.82) is 0 Å².